The van der Waals surface area contributed by atoms with Gasteiger partial charge in [-0.2, -0.15) is 0 Å². The molecule has 0 bridgehead atoms. The van der Waals surface area contributed by atoms with E-state index in [1.807, 2.05) is 36.6 Å². The molecule has 1 aromatic carbocycles. The highest BCUT2D eigenvalue weighted by molar-refractivity contribution is 7.13. The van der Waals surface area contributed by atoms with Gasteiger partial charge in [0.2, 0.25) is 5.91 Å². The molecule has 0 unspecified atom stereocenters. The van der Waals surface area contributed by atoms with E-state index in [9.17, 15) is 14.7 Å². The summed E-state index contributed by atoms with van der Waals surface area (Å²) in [6.07, 6.45) is 1.89. The second-order valence-electron chi connectivity index (χ2n) is 6.07. The number of carbonyl (C=O) groups is 2. The number of amides is 1. The Kier molecular flexibility index (Phi) is 5.03. The molecule has 2 N–H and O–H groups in total. The molecule has 0 atom stereocenters. The molecule has 1 saturated carbocycles. The molecule has 1 amide bonds. The summed E-state index contributed by atoms with van der Waals surface area (Å²) in [5.74, 6) is -0.451. The first-order valence-electron chi connectivity index (χ1n) is 8.24. The van der Waals surface area contributed by atoms with Gasteiger partial charge in [0.1, 0.15) is 16.3 Å². The smallest absolute Gasteiger partial charge is 0.329 e. The number of benzene rings is 1. The van der Waals surface area contributed by atoms with E-state index in [1.165, 1.54) is 11.3 Å². The van der Waals surface area contributed by atoms with E-state index in [0.29, 0.717) is 25.1 Å². The van der Waals surface area contributed by atoms with Gasteiger partial charge in [-0.15, -0.1) is 11.3 Å². The van der Waals surface area contributed by atoms with Crippen LogP contribution >= 0.6 is 11.3 Å². The quantitative estimate of drug-likeness (QED) is 0.793. The van der Waals surface area contributed by atoms with Crippen molar-refractivity contribution in [1.82, 2.24) is 10.3 Å². The van der Waals surface area contributed by atoms with E-state index in [1.54, 1.807) is 0 Å². The molecule has 3 rings (SSSR count). The Morgan fingerprint density at radius 1 is 1.32 bits per heavy atom. The maximum atomic E-state index is 12.2. The number of hydrogen-bond donors (Lipinski definition) is 2. The summed E-state index contributed by atoms with van der Waals surface area (Å²) in [6.45, 7) is 2.55. The summed E-state index contributed by atoms with van der Waals surface area (Å²) in [5, 5.41) is 14.6. The number of ether oxygens (including phenoxy) is 1. The van der Waals surface area contributed by atoms with Gasteiger partial charge in [-0.3, -0.25) is 4.79 Å². The lowest BCUT2D eigenvalue weighted by atomic mass is 9.76. The molecule has 1 aliphatic rings. The number of aliphatic carboxylic acids is 1. The van der Waals surface area contributed by atoms with Crippen molar-refractivity contribution in [2.75, 3.05) is 6.61 Å². The Labute approximate surface area is 149 Å². The van der Waals surface area contributed by atoms with Crippen LogP contribution in [0.5, 0.6) is 5.75 Å². The molecular weight excluding hydrogens is 340 g/mol. The van der Waals surface area contributed by atoms with Crippen molar-refractivity contribution in [2.45, 2.75) is 38.1 Å². The van der Waals surface area contributed by atoms with Crippen LogP contribution in [-0.4, -0.2) is 34.1 Å². The first-order chi connectivity index (χ1) is 12.0. The molecular formula is C18H20N2O4S. The zero-order valence-corrected chi connectivity index (χ0v) is 14.8. The topological polar surface area (TPSA) is 88.5 Å². The number of hydrogen-bond acceptors (Lipinski definition) is 5. The summed E-state index contributed by atoms with van der Waals surface area (Å²) in [7, 11) is 0. The number of nitrogens with zero attached hydrogens (tertiary/aromatic N) is 1. The van der Waals surface area contributed by atoms with Crippen LogP contribution in [0, 0.1) is 0 Å². The Balaban J connectivity index is 1.63. The summed E-state index contributed by atoms with van der Waals surface area (Å²) in [6, 6.07) is 7.64. The van der Waals surface area contributed by atoms with Crippen LogP contribution in [-0.2, 0) is 16.0 Å². The van der Waals surface area contributed by atoms with Crippen LogP contribution in [0.3, 0.4) is 0 Å². The molecule has 1 heterocycles. The van der Waals surface area contributed by atoms with Crippen molar-refractivity contribution >= 4 is 23.2 Å². The number of nitrogens with one attached hydrogen (secondary N) is 1. The third-order valence-corrected chi connectivity index (χ3v) is 5.24. The van der Waals surface area contributed by atoms with E-state index < -0.39 is 11.5 Å². The minimum Gasteiger partial charge on any atom is -0.494 e. The molecule has 2 aromatic rings. The zero-order chi connectivity index (χ0) is 17.9. The summed E-state index contributed by atoms with van der Waals surface area (Å²) >= 11 is 1.46. The van der Waals surface area contributed by atoms with Crippen molar-refractivity contribution < 1.29 is 19.4 Å². The molecule has 7 heteroatoms. The van der Waals surface area contributed by atoms with Gasteiger partial charge in [0.15, 0.2) is 0 Å². The standard InChI is InChI=1S/C18H20N2O4S/c1-2-24-14-6-4-12(5-7-14)16-19-13(11-25-16)10-15(21)20-18(17(22)23)8-3-9-18/h4-7,11H,2-3,8-10H2,1H3,(H,20,21)(H,22,23). The van der Waals surface area contributed by atoms with E-state index in [-0.39, 0.29) is 12.3 Å². The highest BCUT2D eigenvalue weighted by Crippen LogP contribution is 2.32. The largest absolute Gasteiger partial charge is 0.494 e. The van der Waals surface area contributed by atoms with Gasteiger partial charge in [0.25, 0.3) is 0 Å². The minimum atomic E-state index is -1.08. The fraction of sp³-hybridized carbons (Fsp3) is 0.389. The average molecular weight is 360 g/mol. The van der Waals surface area contributed by atoms with Gasteiger partial charge in [-0.05, 0) is 50.5 Å². The molecule has 1 fully saturated rings. The highest BCUT2D eigenvalue weighted by atomic mass is 32.1. The Morgan fingerprint density at radius 3 is 2.60 bits per heavy atom. The van der Waals surface area contributed by atoms with Crippen molar-refractivity contribution in [3.05, 3.63) is 35.3 Å². The molecule has 6 nitrogen and oxygen atoms in total. The van der Waals surface area contributed by atoms with E-state index in [0.717, 1.165) is 22.7 Å². The van der Waals surface area contributed by atoms with Crippen molar-refractivity contribution in [1.29, 1.82) is 0 Å². The summed E-state index contributed by atoms with van der Waals surface area (Å²) in [4.78, 5) is 28.0. The van der Waals surface area contributed by atoms with Crippen LogP contribution in [0.4, 0.5) is 0 Å². The second kappa shape index (κ2) is 7.23. The van der Waals surface area contributed by atoms with Gasteiger partial charge < -0.3 is 15.2 Å². The summed E-state index contributed by atoms with van der Waals surface area (Å²) < 4.78 is 5.42. The maximum Gasteiger partial charge on any atom is 0.329 e. The molecule has 0 aliphatic heterocycles. The van der Waals surface area contributed by atoms with Crippen molar-refractivity contribution in [2.24, 2.45) is 0 Å². The Hall–Kier alpha value is -2.41. The Bertz CT molecular complexity index is 766. The molecule has 1 aromatic heterocycles. The lowest BCUT2D eigenvalue weighted by Gasteiger charge is -2.38. The third kappa shape index (κ3) is 3.82. The first-order valence-corrected chi connectivity index (χ1v) is 9.12. The highest BCUT2D eigenvalue weighted by Gasteiger charge is 2.45. The summed E-state index contributed by atoms with van der Waals surface area (Å²) in [5.41, 5.74) is 0.526. The molecule has 0 saturated heterocycles. The van der Waals surface area contributed by atoms with Crippen molar-refractivity contribution in [3.63, 3.8) is 0 Å². The number of rotatable bonds is 7. The fourth-order valence-electron chi connectivity index (χ4n) is 2.78. The lowest BCUT2D eigenvalue weighted by Crippen LogP contribution is -2.59. The SMILES string of the molecule is CCOc1ccc(-c2nc(CC(=O)NC3(C(=O)O)CCC3)cs2)cc1. The zero-order valence-electron chi connectivity index (χ0n) is 13.9. The minimum absolute atomic E-state index is 0.0859. The number of thiazole rings is 1. The molecule has 0 radical (unpaired) electrons. The second-order valence-corrected chi connectivity index (χ2v) is 6.93. The lowest BCUT2D eigenvalue weighted by molar-refractivity contribution is -0.151. The predicted molar refractivity (Wildman–Crippen MR) is 94.8 cm³/mol. The monoisotopic (exact) mass is 360 g/mol. The third-order valence-electron chi connectivity index (χ3n) is 4.30. The van der Waals surface area contributed by atoms with Crippen molar-refractivity contribution in [3.8, 4) is 16.3 Å². The number of aromatic nitrogens is 1. The van der Waals surface area contributed by atoms with Crippen LogP contribution < -0.4 is 10.1 Å². The van der Waals surface area contributed by atoms with E-state index in [2.05, 4.69) is 10.3 Å². The number of carboxylic acid groups (broad SMARTS) is 1. The van der Waals surface area contributed by atoms with Gasteiger partial charge in [-0.1, -0.05) is 0 Å². The number of carboxylic acids is 1. The van der Waals surface area contributed by atoms with Gasteiger partial charge >= 0.3 is 5.97 Å². The van der Waals surface area contributed by atoms with Gasteiger partial charge in [-0.25, -0.2) is 9.78 Å². The van der Waals surface area contributed by atoms with Gasteiger partial charge in [0.05, 0.1) is 18.7 Å². The number of carbonyl (C=O) groups excluding carboxylic acids is 1. The van der Waals surface area contributed by atoms with E-state index >= 15 is 0 Å². The Morgan fingerprint density at radius 2 is 2.04 bits per heavy atom. The van der Waals surface area contributed by atoms with Crippen LogP contribution in [0.25, 0.3) is 10.6 Å². The average Bonchev–Trinajstić information content (AvgIpc) is 3.00. The predicted octanol–water partition coefficient (Wildman–Crippen LogP) is 2.87. The normalized spacial score (nSPS) is 15.2. The first kappa shape index (κ1) is 17.4. The maximum absolute atomic E-state index is 12.2. The van der Waals surface area contributed by atoms with Crippen LogP contribution in [0.2, 0.25) is 0 Å². The molecule has 1 aliphatic carbocycles. The van der Waals surface area contributed by atoms with Crippen LogP contribution in [0.15, 0.2) is 29.6 Å². The molecule has 0 spiro atoms. The van der Waals surface area contributed by atoms with E-state index in [4.69, 9.17) is 4.74 Å². The molecule has 25 heavy (non-hydrogen) atoms. The molecule has 132 valence electrons. The van der Waals surface area contributed by atoms with Gasteiger partial charge in [0, 0.05) is 10.9 Å². The fourth-order valence-corrected chi connectivity index (χ4v) is 3.61. The van der Waals surface area contributed by atoms with Crippen LogP contribution in [0.1, 0.15) is 31.9 Å².